The van der Waals surface area contributed by atoms with Gasteiger partial charge < -0.3 is 15.8 Å². The minimum atomic E-state index is -0.249. The first-order chi connectivity index (χ1) is 8.06. The van der Waals surface area contributed by atoms with Crippen LogP contribution in [0.2, 0.25) is 0 Å². The first-order valence-electron chi connectivity index (χ1n) is 5.04. The molecule has 1 amide bonds. The molecule has 0 aliphatic rings. The second-order valence-electron chi connectivity index (χ2n) is 3.47. The van der Waals surface area contributed by atoms with Crippen LogP contribution in [0.5, 0.6) is 0 Å². The van der Waals surface area contributed by atoms with Gasteiger partial charge in [-0.1, -0.05) is 15.9 Å². The number of ether oxygens (including phenoxy) is 1. The highest BCUT2D eigenvalue weighted by atomic mass is 79.9. The molecule has 1 unspecified atom stereocenters. The first-order valence-corrected chi connectivity index (χ1v) is 6.63. The van der Waals surface area contributed by atoms with Crippen LogP contribution in [0.25, 0.3) is 0 Å². The summed E-state index contributed by atoms with van der Waals surface area (Å²) in [4.78, 5) is 11.7. The van der Waals surface area contributed by atoms with Gasteiger partial charge in [0.05, 0.1) is 18.2 Å². The van der Waals surface area contributed by atoms with Gasteiger partial charge in [-0.25, -0.2) is 0 Å². The van der Waals surface area contributed by atoms with Crippen molar-refractivity contribution in [2.75, 3.05) is 19.0 Å². The molecule has 1 aromatic rings. The number of nitrogens with two attached hydrogens (primary N) is 1. The van der Waals surface area contributed by atoms with Crippen molar-refractivity contribution in [2.45, 2.75) is 12.5 Å². The zero-order chi connectivity index (χ0) is 12.8. The Kier molecular flexibility index (Phi) is 6.11. The molecule has 0 saturated heterocycles. The summed E-state index contributed by atoms with van der Waals surface area (Å²) < 4.78 is 6.79. The molecule has 0 heterocycles. The molecule has 17 heavy (non-hydrogen) atoms. The largest absolute Gasteiger partial charge is 0.380 e. The number of hydrogen-bond acceptors (Lipinski definition) is 3. The average molecular weight is 366 g/mol. The van der Waals surface area contributed by atoms with E-state index in [9.17, 15) is 4.79 Å². The minimum absolute atomic E-state index is 0.124. The number of nitrogens with one attached hydrogen (secondary N) is 1. The van der Waals surface area contributed by atoms with E-state index in [1.54, 1.807) is 7.11 Å². The third-order valence-corrected chi connectivity index (χ3v) is 3.40. The smallest absolute Gasteiger partial charge is 0.227 e. The molecule has 94 valence electrons. The van der Waals surface area contributed by atoms with Crippen LogP contribution in [0.15, 0.2) is 27.1 Å². The molecule has 0 bridgehead atoms. The summed E-state index contributed by atoms with van der Waals surface area (Å²) in [5.74, 6) is -0.124. The van der Waals surface area contributed by atoms with Crippen molar-refractivity contribution in [2.24, 2.45) is 5.73 Å². The van der Waals surface area contributed by atoms with Crippen molar-refractivity contribution in [3.05, 3.63) is 27.1 Å². The van der Waals surface area contributed by atoms with Gasteiger partial charge in [0.15, 0.2) is 0 Å². The summed E-state index contributed by atoms with van der Waals surface area (Å²) in [6, 6.07) is 5.57. The van der Waals surface area contributed by atoms with Crippen LogP contribution in [-0.4, -0.2) is 25.7 Å². The highest BCUT2D eigenvalue weighted by Gasteiger charge is 2.12. The van der Waals surface area contributed by atoms with Crippen LogP contribution in [0, 0.1) is 0 Å². The van der Waals surface area contributed by atoms with Gasteiger partial charge in [0.25, 0.3) is 0 Å². The van der Waals surface area contributed by atoms with Gasteiger partial charge in [-0.15, -0.1) is 0 Å². The molecule has 6 heteroatoms. The average Bonchev–Trinajstić information content (AvgIpc) is 2.31. The highest BCUT2D eigenvalue weighted by molar-refractivity contribution is 9.11. The third kappa shape index (κ3) is 4.75. The van der Waals surface area contributed by atoms with Gasteiger partial charge in [-0.2, -0.15) is 0 Å². The Morgan fingerprint density at radius 2 is 2.24 bits per heavy atom. The molecular weight excluding hydrogens is 352 g/mol. The summed E-state index contributed by atoms with van der Waals surface area (Å²) >= 11 is 6.72. The Hall–Kier alpha value is -0.430. The van der Waals surface area contributed by atoms with Gasteiger partial charge >= 0.3 is 0 Å². The molecular formula is C11H14Br2N2O2. The molecule has 0 radical (unpaired) electrons. The molecule has 0 aromatic heterocycles. The van der Waals surface area contributed by atoms with Crippen molar-refractivity contribution in [3.8, 4) is 0 Å². The van der Waals surface area contributed by atoms with Crippen LogP contribution in [0.1, 0.15) is 6.42 Å². The lowest BCUT2D eigenvalue weighted by Crippen LogP contribution is -2.28. The van der Waals surface area contributed by atoms with E-state index in [-0.39, 0.29) is 18.4 Å². The number of benzene rings is 1. The van der Waals surface area contributed by atoms with E-state index in [0.29, 0.717) is 6.54 Å². The molecule has 0 aliphatic heterocycles. The van der Waals surface area contributed by atoms with Crippen LogP contribution in [-0.2, 0) is 9.53 Å². The Morgan fingerprint density at radius 3 is 2.82 bits per heavy atom. The fourth-order valence-electron chi connectivity index (χ4n) is 1.26. The van der Waals surface area contributed by atoms with E-state index in [4.69, 9.17) is 10.5 Å². The number of hydrogen-bond donors (Lipinski definition) is 2. The quantitative estimate of drug-likeness (QED) is 0.842. The lowest BCUT2D eigenvalue weighted by molar-refractivity contribution is -0.118. The van der Waals surface area contributed by atoms with Crippen molar-refractivity contribution in [1.29, 1.82) is 0 Å². The maximum atomic E-state index is 11.7. The standard InChI is InChI=1S/C11H14Br2N2O2/c1-17-8(6-14)5-11(16)15-10-4-7(12)2-3-9(10)13/h2-4,8H,5-6,14H2,1H3,(H,15,16). The molecule has 1 rings (SSSR count). The third-order valence-electron chi connectivity index (χ3n) is 2.21. The second kappa shape index (κ2) is 7.10. The Bertz CT molecular complexity index is 395. The SMILES string of the molecule is COC(CN)CC(=O)Nc1cc(Br)ccc1Br. The van der Waals surface area contributed by atoms with Gasteiger partial charge in [0.1, 0.15) is 0 Å². The topological polar surface area (TPSA) is 64.3 Å². The summed E-state index contributed by atoms with van der Waals surface area (Å²) in [5.41, 5.74) is 6.18. The fraction of sp³-hybridized carbons (Fsp3) is 0.364. The number of anilines is 1. The highest BCUT2D eigenvalue weighted by Crippen LogP contribution is 2.26. The second-order valence-corrected chi connectivity index (χ2v) is 5.24. The van der Waals surface area contributed by atoms with Crippen LogP contribution in [0.4, 0.5) is 5.69 Å². The number of amides is 1. The zero-order valence-corrected chi connectivity index (χ0v) is 12.5. The van der Waals surface area contributed by atoms with E-state index in [2.05, 4.69) is 37.2 Å². The monoisotopic (exact) mass is 364 g/mol. The molecule has 0 saturated carbocycles. The predicted octanol–water partition coefficient (Wildman–Crippen LogP) is 2.51. The number of halogens is 2. The normalized spacial score (nSPS) is 12.2. The molecule has 0 aliphatic carbocycles. The first kappa shape index (κ1) is 14.6. The molecule has 1 aromatic carbocycles. The maximum absolute atomic E-state index is 11.7. The van der Waals surface area contributed by atoms with E-state index in [1.165, 1.54) is 0 Å². The van der Waals surface area contributed by atoms with Crippen LogP contribution >= 0.6 is 31.9 Å². The predicted molar refractivity (Wildman–Crippen MR) is 74.9 cm³/mol. The van der Waals surface area contributed by atoms with E-state index >= 15 is 0 Å². The van der Waals surface area contributed by atoms with Crippen LogP contribution in [0.3, 0.4) is 0 Å². The van der Waals surface area contributed by atoms with E-state index in [1.807, 2.05) is 18.2 Å². The van der Waals surface area contributed by atoms with E-state index < -0.39 is 0 Å². The summed E-state index contributed by atoms with van der Waals surface area (Å²) in [6.45, 7) is 0.323. The Labute approximate surface area is 117 Å². The van der Waals surface area contributed by atoms with Crippen molar-refractivity contribution in [1.82, 2.24) is 0 Å². The van der Waals surface area contributed by atoms with Crippen molar-refractivity contribution in [3.63, 3.8) is 0 Å². The molecule has 4 nitrogen and oxygen atoms in total. The van der Waals surface area contributed by atoms with Crippen molar-refractivity contribution >= 4 is 43.5 Å². The summed E-state index contributed by atoms with van der Waals surface area (Å²) in [6.07, 6.45) is -0.00712. The number of rotatable bonds is 5. The zero-order valence-electron chi connectivity index (χ0n) is 9.37. The number of carbonyl (C=O) groups is 1. The van der Waals surface area contributed by atoms with Crippen LogP contribution < -0.4 is 11.1 Å². The van der Waals surface area contributed by atoms with E-state index in [0.717, 1.165) is 14.6 Å². The number of carbonyl (C=O) groups excluding carboxylic acids is 1. The van der Waals surface area contributed by atoms with Gasteiger partial charge in [-0.3, -0.25) is 4.79 Å². The van der Waals surface area contributed by atoms with Gasteiger partial charge in [0.2, 0.25) is 5.91 Å². The summed E-state index contributed by atoms with van der Waals surface area (Å²) in [7, 11) is 1.54. The molecule has 0 spiro atoms. The van der Waals surface area contributed by atoms with Gasteiger partial charge in [0, 0.05) is 22.6 Å². The maximum Gasteiger partial charge on any atom is 0.227 e. The lowest BCUT2D eigenvalue weighted by Gasteiger charge is -2.13. The molecule has 0 fully saturated rings. The van der Waals surface area contributed by atoms with Gasteiger partial charge in [-0.05, 0) is 34.1 Å². The summed E-state index contributed by atoms with van der Waals surface area (Å²) in [5, 5.41) is 2.80. The molecule has 1 atom stereocenters. The Balaban J connectivity index is 2.64. The molecule has 3 N–H and O–H groups in total. The number of methoxy groups -OCH3 is 1. The fourth-order valence-corrected chi connectivity index (χ4v) is 1.97. The minimum Gasteiger partial charge on any atom is -0.380 e. The lowest BCUT2D eigenvalue weighted by atomic mass is 10.2. The van der Waals surface area contributed by atoms with Crippen molar-refractivity contribution < 1.29 is 9.53 Å². The Morgan fingerprint density at radius 1 is 1.53 bits per heavy atom.